The summed E-state index contributed by atoms with van der Waals surface area (Å²) in [5, 5.41) is 4.66. The lowest BCUT2D eigenvalue weighted by molar-refractivity contribution is 0.423. The molecule has 2 heterocycles. The lowest BCUT2D eigenvalue weighted by Crippen LogP contribution is -2.07. The highest BCUT2D eigenvalue weighted by molar-refractivity contribution is 6.31. The summed E-state index contributed by atoms with van der Waals surface area (Å²) in [6.07, 6.45) is 4.05. The Morgan fingerprint density at radius 1 is 1.29 bits per heavy atom. The minimum absolute atomic E-state index is 0.396. The SMILES string of the molecule is NCCn1cnc(-c2nc(Cc3ccccc3Cl)no2)c1. The molecule has 0 aliphatic heterocycles. The summed E-state index contributed by atoms with van der Waals surface area (Å²) in [6, 6.07) is 7.59. The summed E-state index contributed by atoms with van der Waals surface area (Å²) in [7, 11) is 0. The molecular weight excluding hydrogens is 290 g/mol. The van der Waals surface area contributed by atoms with Gasteiger partial charge < -0.3 is 14.8 Å². The van der Waals surface area contributed by atoms with Crippen molar-refractivity contribution >= 4 is 11.6 Å². The van der Waals surface area contributed by atoms with Gasteiger partial charge in [-0.25, -0.2) is 4.98 Å². The molecule has 3 rings (SSSR count). The fourth-order valence-electron chi connectivity index (χ4n) is 1.98. The normalized spacial score (nSPS) is 11.0. The highest BCUT2D eigenvalue weighted by atomic mass is 35.5. The molecule has 0 aliphatic rings. The average Bonchev–Trinajstić information content (AvgIpc) is 3.11. The van der Waals surface area contributed by atoms with Gasteiger partial charge in [-0.15, -0.1) is 0 Å². The zero-order valence-electron chi connectivity index (χ0n) is 11.2. The molecule has 6 nitrogen and oxygen atoms in total. The summed E-state index contributed by atoms with van der Waals surface area (Å²) in [5.74, 6) is 0.972. The lowest BCUT2D eigenvalue weighted by Gasteiger charge is -1.98. The zero-order valence-corrected chi connectivity index (χ0v) is 12.0. The standard InChI is InChI=1S/C14H14ClN5O/c15-11-4-2-1-3-10(11)7-13-18-14(21-19-13)12-8-20(6-5-16)9-17-12/h1-4,8-9H,5-7,16H2. The van der Waals surface area contributed by atoms with Gasteiger partial charge in [-0.1, -0.05) is 35.0 Å². The fraction of sp³-hybridized carbons (Fsp3) is 0.214. The molecule has 0 radical (unpaired) electrons. The Morgan fingerprint density at radius 2 is 2.14 bits per heavy atom. The van der Waals surface area contributed by atoms with Crippen LogP contribution in [0.4, 0.5) is 0 Å². The maximum Gasteiger partial charge on any atom is 0.278 e. The van der Waals surface area contributed by atoms with Gasteiger partial charge in [-0.05, 0) is 11.6 Å². The van der Waals surface area contributed by atoms with Crippen molar-refractivity contribution in [2.24, 2.45) is 5.73 Å². The molecule has 108 valence electrons. The summed E-state index contributed by atoms with van der Waals surface area (Å²) >= 11 is 6.12. The first-order valence-electron chi connectivity index (χ1n) is 6.54. The number of hydrogen-bond donors (Lipinski definition) is 1. The molecule has 0 unspecified atom stereocenters. The summed E-state index contributed by atoms with van der Waals surface area (Å²) in [4.78, 5) is 8.57. The van der Waals surface area contributed by atoms with Crippen molar-refractivity contribution in [1.29, 1.82) is 0 Å². The number of nitrogens with two attached hydrogens (primary N) is 1. The number of nitrogens with zero attached hydrogens (tertiary/aromatic N) is 4. The molecule has 0 fully saturated rings. The molecule has 3 aromatic rings. The van der Waals surface area contributed by atoms with Crippen molar-refractivity contribution in [1.82, 2.24) is 19.7 Å². The topological polar surface area (TPSA) is 82.8 Å². The van der Waals surface area contributed by atoms with Gasteiger partial charge in [0.05, 0.1) is 6.33 Å². The summed E-state index contributed by atoms with van der Waals surface area (Å²) in [6.45, 7) is 1.25. The van der Waals surface area contributed by atoms with Gasteiger partial charge in [-0.3, -0.25) is 0 Å². The number of rotatable bonds is 5. The third-order valence-corrected chi connectivity index (χ3v) is 3.38. The van der Waals surface area contributed by atoms with Crippen LogP contribution < -0.4 is 5.73 Å². The summed E-state index contributed by atoms with van der Waals surface area (Å²) < 4.78 is 7.13. The molecule has 21 heavy (non-hydrogen) atoms. The quantitative estimate of drug-likeness (QED) is 0.780. The minimum atomic E-state index is 0.396. The van der Waals surface area contributed by atoms with Crippen LogP contribution in [0.1, 0.15) is 11.4 Å². The third-order valence-electron chi connectivity index (χ3n) is 3.01. The predicted octanol–water partition coefficient (Wildman–Crippen LogP) is 2.14. The number of aromatic nitrogens is 4. The van der Waals surface area contributed by atoms with E-state index in [-0.39, 0.29) is 0 Å². The zero-order chi connectivity index (χ0) is 14.7. The fourth-order valence-corrected chi connectivity index (χ4v) is 2.19. The smallest absolute Gasteiger partial charge is 0.278 e. The van der Waals surface area contributed by atoms with Crippen LogP contribution in [0.5, 0.6) is 0 Å². The second kappa shape index (κ2) is 6.07. The molecule has 7 heteroatoms. The highest BCUT2D eigenvalue weighted by Crippen LogP contribution is 2.20. The lowest BCUT2D eigenvalue weighted by atomic mass is 10.1. The third kappa shape index (κ3) is 3.12. The van der Waals surface area contributed by atoms with Gasteiger partial charge in [0.2, 0.25) is 0 Å². The maximum atomic E-state index is 6.12. The molecule has 0 amide bonds. The largest absolute Gasteiger partial charge is 0.335 e. The molecule has 1 aromatic carbocycles. The van der Waals surface area contributed by atoms with Crippen LogP contribution in [0.2, 0.25) is 5.02 Å². The van der Waals surface area contributed by atoms with Crippen LogP contribution in [-0.2, 0) is 13.0 Å². The second-order valence-electron chi connectivity index (χ2n) is 4.57. The Hall–Kier alpha value is -2.18. The highest BCUT2D eigenvalue weighted by Gasteiger charge is 2.12. The molecule has 0 spiro atoms. The van der Waals surface area contributed by atoms with Gasteiger partial charge in [-0.2, -0.15) is 4.98 Å². The first-order chi connectivity index (χ1) is 10.3. The Kier molecular flexibility index (Phi) is 3.98. The van der Waals surface area contributed by atoms with E-state index in [4.69, 9.17) is 21.9 Å². The van der Waals surface area contributed by atoms with E-state index in [1.807, 2.05) is 35.0 Å². The van der Waals surface area contributed by atoms with E-state index >= 15 is 0 Å². The molecular formula is C14H14ClN5O. The van der Waals surface area contributed by atoms with Gasteiger partial charge >= 0.3 is 0 Å². The monoisotopic (exact) mass is 303 g/mol. The first-order valence-corrected chi connectivity index (χ1v) is 6.92. The van der Waals surface area contributed by atoms with Crippen molar-refractivity contribution in [3.05, 3.63) is 53.2 Å². The van der Waals surface area contributed by atoms with E-state index in [1.54, 1.807) is 6.33 Å². The van der Waals surface area contributed by atoms with Crippen molar-refractivity contribution in [2.75, 3.05) is 6.54 Å². The number of hydrogen-bond acceptors (Lipinski definition) is 5. The molecule has 0 saturated carbocycles. The van der Waals surface area contributed by atoms with Crippen LogP contribution in [0.25, 0.3) is 11.6 Å². The predicted molar refractivity (Wildman–Crippen MR) is 78.8 cm³/mol. The Labute approximate surface area is 126 Å². The molecule has 0 bridgehead atoms. The molecule has 2 N–H and O–H groups in total. The van der Waals surface area contributed by atoms with Crippen LogP contribution in [0, 0.1) is 0 Å². The van der Waals surface area contributed by atoms with E-state index in [0.29, 0.717) is 41.9 Å². The van der Waals surface area contributed by atoms with Crippen LogP contribution in [-0.4, -0.2) is 26.2 Å². The van der Waals surface area contributed by atoms with Gasteiger partial charge in [0.15, 0.2) is 5.82 Å². The Morgan fingerprint density at radius 3 is 2.95 bits per heavy atom. The Balaban J connectivity index is 1.78. The van der Waals surface area contributed by atoms with Crippen LogP contribution in [0.15, 0.2) is 41.3 Å². The van der Waals surface area contributed by atoms with E-state index in [1.165, 1.54) is 0 Å². The Bertz CT molecular complexity index is 736. The van der Waals surface area contributed by atoms with E-state index < -0.39 is 0 Å². The summed E-state index contributed by atoms with van der Waals surface area (Å²) in [5.41, 5.74) is 7.10. The van der Waals surface area contributed by atoms with Crippen molar-refractivity contribution in [2.45, 2.75) is 13.0 Å². The number of imidazole rings is 1. The molecule has 2 aromatic heterocycles. The maximum absolute atomic E-state index is 6.12. The van der Waals surface area contributed by atoms with Crippen molar-refractivity contribution in [3.8, 4) is 11.6 Å². The molecule has 0 aliphatic carbocycles. The van der Waals surface area contributed by atoms with Gasteiger partial charge in [0.1, 0.15) is 5.69 Å². The number of halogens is 1. The minimum Gasteiger partial charge on any atom is -0.335 e. The second-order valence-corrected chi connectivity index (χ2v) is 4.98. The van der Waals surface area contributed by atoms with E-state index in [0.717, 1.165) is 5.56 Å². The average molecular weight is 304 g/mol. The van der Waals surface area contributed by atoms with Crippen molar-refractivity contribution in [3.63, 3.8) is 0 Å². The van der Waals surface area contributed by atoms with E-state index in [2.05, 4.69) is 15.1 Å². The van der Waals surface area contributed by atoms with Gasteiger partial charge in [0, 0.05) is 30.7 Å². The van der Waals surface area contributed by atoms with Crippen LogP contribution >= 0.6 is 11.6 Å². The molecule has 0 atom stereocenters. The van der Waals surface area contributed by atoms with E-state index in [9.17, 15) is 0 Å². The van der Waals surface area contributed by atoms with Crippen molar-refractivity contribution < 1.29 is 4.52 Å². The van der Waals surface area contributed by atoms with Crippen LogP contribution in [0.3, 0.4) is 0 Å². The molecule has 0 saturated heterocycles. The van der Waals surface area contributed by atoms with Gasteiger partial charge in [0.25, 0.3) is 5.89 Å². The first kappa shape index (κ1) is 13.8. The number of benzene rings is 1.